The van der Waals surface area contributed by atoms with Gasteiger partial charge in [-0.15, -0.1) is 0 Å². The van der Waals surface area contributed by atoms with Crippen LogP contribution in [0.4, 0.5) is 4.79 Å². The number of nitrogens with zero attached hydrogens (tertiary/aromatic N) is 1. The maximum Gasteiger partial charge on any atom is 0.410 e. The average molecular weight is 420 g/mol. The van der Waals surface area contributed by atoms with Crippen molar-refractivity contribution in [1.82, 2.24) is 15.2 Å². The molecule has 9 heteroatoms. The number of nitrogens with one attached hydrogen (secondary N) is 2. The minimum Gasteiger partial charge on any atom is -0.444 e. The van der Waals surface area contributed by atoms with Crippen LogP contribution in [0.1, 0.15) is 43.4 Å². The van der Waals surface area contributed by atoms with E-state index in [1.807, 2.05) is 20.8 Å². The fourth-order valence-corrected chi connectivity index (χ4v) is 3.48. The van der Waals surface area contributed by atoms with Gasteiger partial charge in [0.1, 0.15) is 11.3 Å². The lowest BCUT2D eigenvalue weighted by Gasteiger charge is -2.39. The third-order valence-electron chi connectivity index (χ3n) is 4.36. The van der Waals surface area contributed by atoms with Gasteiger partial charge in [0, 0.05) is 37.9 Å². The number of likely N-dealkylation sites (tertiary alicyclic amines) is 1. The summed E-state index contributed by atoms with van der Waals surface area (Å²) in [6.45, 7) is 8.57. The number of carbonyl (C=O) groups is 2. The smallest absolute Gasteiger partial charge is 0.410 e. The van der Waals surface area contributed by atoms with Gasteiger partial charge < -0.3 is 24.7 Å². The van der Waals surface area contributed by atoms with Gasteiger partial charge in [0.15, 0.2) is 0 Å². The van der Waals surface area contributed by atoms with Gasteiger partial charge in [0.2, 0.25) is 0 Å². The Morgan fingerprint density at radius 3 is 2.48 bits per heavy atom. The van der Waals surface area contributed by atoms with Crippen molar-refractivity contribution in [3.8, 4) is 0 Å². The summed E-state index contributed by atoms with van der Waals surface area (Å²) < 4.78 is 10.7. The molecule has 2 atom stereocenters. The van der Waals surface area contributed by atoms with E-state index in [4.69, 9.17) is 32.7 Å². The molecular formula is C18H27Cl2N3O4. The van der Waals surface area contributed by atoms with Crippen LogP contribution in [-0.2, 0) is 9.47 Å². The zero-order chi connectivity index (χ0) is 20.4. The lowest BCUT2D eigenvalue weighted by atomic mass is 9.92. The lowest BCUT2D eigenvalue weighted by molar-refractivity contribution is 0.00567. The van der Waals surface area contributed by atoms with Crippen LogP contribution in [0.2, 0.25) is 10.0 Å². The minimum absolute atomic E-state index is 0.0643. The Morgan fingerprint density at radius 1 is 1.30 bits per heavy atom. The predicted molar refractivity (Wildman–Crippen MR) is 105 cm³/mol. The Bertz CT molecular complexity index is 700. The van der Waals surface area contributed by atoms with Crippen LogP contribution in [-0.4, -0.2) is 60.3 Å². The van der Waals surface area contributed by atoms with Gasteiger partial charge in [0.05, 0.1) is 16.7 Å². The van der Waals surface area contributed by atoms with Crippen LogP contribution >= 0.6 is 23.2 Å². The first-order valence-electron chi connectivity index (χ1n) is 8.84. The molecule has 152 valence electrons. The molecule has 0 aliphatic carbocycles. The van der Waals surface area contributed by atoms with Crippen molar-refractivity contribution < 1.29 is 19.1 Å². The molecule has 1 saturated heterocycles. The van der Waals surface area contributed by atoms with Crippen LogP contribution in [0.15, 0.2) is 0 Å². The van der Waals surface area contributed by atoms with Crippen molar-refractivity contribution in [1.29, 1.82) is 0 Å². The first-order chi connectivity index (χ1) is 12.5. The molecule has 2 heterocycles. The highest BCUT2D eigenvalue weighted by Crippen LogP contribution is 2.29. The third kappa shape index (κ3) is 5.53. The highest BCUT2D eigenvalue weighted by molar-refractivity contribution is 6.44. The molecule has 1 fully saturated rings. The molecule has 0 aromatic carbocycles. The van der Waals surface area contributed by atoms with E-state index in [9.17, 15) is 9.59 Å². The molecule has 0 unspecified atom stereocenters. The maximum atomic E-state index is 12.6. The van der Waals surface area contributed by atoms with Crippen molar-refractivity contribution in [3.63, 3.8) is 0 Å². The predicted octanol–water partition coefficient (Wildman–Crippen LogP) is 3.63. The average Bonchev–Trinajstić information content (AvgIpc) is 2.82. The number of carbonyl (C=O) groups excluding carboxylic acids is 2. The van der Waals surface area contributed by atoms with E-state index in [1.165, 1.54) is 0 Å². The fourth-order valence-electron chi connectivity index (χ4n) is 3.07. The molecule has 0 bridgehead atoms. The van der Waals surface area contributed by atoms with Crippen molar-refractivity contribution in [2.45, 2.75) is 45.8 Å². The molecule has 2 N–H and O–H groups in total. The number of halogens is 2. The number of methoxy groups -OCH3 is 1. The number of aryl methyl sites for hydroxylation is 1. The van der Waals surface area contributed by atoms with Crippen LogP contribution in [0, 0.1) is 12.8 Å². The highest BCUT2D eigenvalue weighted by atomic mass is 35.5. The number of H-pyrrole nitrogens is 1. The Balaban J connectivity index is 2.06. The molecule has 0 spiro atoms. The Labute approximate surface area is 169 Å². The normalized spacial score (nSPS) is 20.5. The van der Waals surface area contributed by atoms with Crippen LogP contribution < -0.4 is 5.32 Å². The minimum atomic E-state index is -0.555. The zero-order valence-corrected chi connectivity index (χ0v) is 17.8. The summed E-state index contributed by atoms with van der Waals surface area (Å²) in [7, 11) is 1.59. The number of ether oxygens (including phenoxy) is 2. The number of piperidine rings is 1. The van der Waals surface area contributed by atoms with E-state index < -0.39 is 5.60 Å². The number of hydrogen-bond donors (Lipinski definition) is 2. The second kappa shape index (κ2) is 8.71. The van der Waals surface area contributed by atoms with Gasteiger partial charge in [-0.3, -0.25) is 4.79 Å². The number of rotatable bonds is 4. The Hall–Kier alpha value is -1.44. The van der Waals surface area contributed by atoms with Crippen molar-refractivity contribution in [3.05, 3.63) is 21.4 Å². The Morgan fingerprint density at radius 2 is 1.96 bits per heavy atom. The SMILES string of the molecule is COC[C@H]1CN(C(=O)OC(C)(C)C)CC[C@H]1NC(=O)c1[nH]c(C)c(Cl)c1Cl. The molecule has 27 heavy (non-hydrogen) atoms. The molecule has 2 rings (SSSR count). The molecule has 1 aromatic heterocycles. The first kappa shape index (κ1) is 21.9. The third-order valence-corrected chi connectivity index (χ3v) is 5.31. The highest BCUT2D eigenvalue weighted by Gasteiger charge is 2.35. The molecule has 1 aliphatic rings. The lowest BCUT2D eigenvalue weighted by Crippen LogP contribution is -2.54. The van der Waals surface area contributed by atoms with Gasteiger partial charge in [-0.2, -0.15) is 0 Å². The van der Waals surface area contributed by atoms with Gasteiger partial charge in [-0.1, -0.05) is 23.2 Å². The monoisotopic (exact) mass is 419 g/mol. The summed E-state index contributed by atoms with van der Waals surface area (Å²) in [5.41, 5.74) is 0.324. The van der Waals surface area contributed by atoms with E-state index in [-0.39, 0.29) is 34.7 Å². The molecule has 7 nitrogen and oxygen atoms in total. The summed E-state index contributed by atoms with van der Waals surface area (Å²) in [4.78, 5) is 29.5. The summed E-state index contributed by atoms with van der Waals surface area (Å²) in [5, 5.41) is 3.54. The molecule has 2 amide bonds. The summed E-state index contributed by atoms with van der Waals surface area (Å²) >= 11 is 12.2. The summed E-state index contributed by atoms with van der Waals surface area (Å²) in [6, 6.07) is -0.158. The molecule has 1 aliphatic heterocycles. The first-order valence-corrected chi connectivity index (χ1v) is 9.60. The van der Waals surface area contributed by atoms with E-state index in [2.05, 4.69) is 10.3 Å². The standard InChI is InChI=1S/C18H27Cl2N3O4/c1-10-13(19)14(20)15(21-10)16(24)22-12-6-7-23(8-11(12)9-26-5)17(25)27-18(2,3)4/h11-12,21H,6-9H2,1-5H3,(H,22,24)/t11-,12-/m1/s1. The van der Waals surface area contributed by atoms with E-state index in [0.717, 1.165) is 0 Å². The van der Waals surface area contributed by atoms with Gasteiger partial charge >= 0.3 is 6.09 Å². The fraction of sp³-hybridized carbons (Fsp3) is 0.667. The van der Waals surface area contributed by atoms with Crippen LogP contribution in [0.5, 0.6) is 0 Å². The van der Waals surface area contributed by atoms with Crippen molar-refractivity contribution >= 4 is 35.2 Å². The Kier molecular flexibility index (Phi) is 7.05. The molecule has 0 radical (unpaired) electrons. The van der Waals surface area contributed by atoms with Gasteiger partial charge in [-0.05, 0) is 34.1 Å². The van der Waals surface area contributed by atoms with Crippen LogP contribution in [0.3, 0.4) is 0 Å². The second-order valence-electron chi connectivity index (χ2n) is 7.76. The maximum absolute atomic E-state index is 12.6. The summed E-state index contributed by atoms with van der Waals surface area (Å²) in [6.07, 6.45) is 0.229. The largest absolute Gasteiger partial charge is 0.444 e. The van der Waals surface area contributed by atoms with E-state index >= 15 is 0 Å². The van der Waals surface area contributed by atoms with Gasteiger partial charge in [-0.25, -0.2) is 4.79 Å². The molecule has 1 aromatic rings. The number of aromatic nitrogens is 1. The van der Waals surface area contributed by atoms with E-state index in [0.29, 0.717) is 36.8 Å². The topological polar surface area (TPSA) is 83.7 Å². The van der Waals surface area contributed by atoms with E-state index in [1.54, 1.807) is 18.9 Å². The quantitative estimate of drug-likeness (QED) is 0.779. The van der Waals surface area contributed by atoms with Crippen molar-refractivity contribution in [2.24, 2.45) is 5.92 Å². The number of aromatic amines is 1. The van der Waals surface area contributed by atoms with Crippen molar-refractivity contribution in [2.75, 3.05) is 26.8 Å². The molecular weight excluding hydrogens is 393 g/mol. The number of amides is 2. The second-order valence-corrected chi connectivity index (χ2v) is 8.52. The zero-order valence-electron chi connectivity index (χ0n) is 16.3. The summed E-state index contributed by atoms with van der Waals surface area (Å²) in [5.74, 6) is -0.391. The van der Waals surface area contributed by atoms with Crippen LogP contribution in [0.25, 0.3) is 0 Å². The van der Waals surface area contributed by atoms with Gasteiger partial charge in [0.25, 0.3) is 5.91 Å². The number of hydrogen-bond acceptors (Lipinski definition) is 4. The molecule has 0 saturated carbocycles.